The first kappa shape index (κ1) is 26.7. The van der Waals surface area contributed by atoms with Gasteiger partial charge in [-0.05, 0) is 43.2 Å². The second-order valence-corrected chi connectivity index (χ2v) is 10.3. The van der Waals surface area contributed by atoms with Gasteiger partial charge >= 0.3 is 5.97 Å². The molecule has 0 fully saturated rings. The normalized spacial score (nSPS) is 16.3. The van der Waals surface area contributed by atoms with E-state index < -0.39 is 12.2 Å². The van der Waals surface area contributed by atoms with Crippen molar-refractivity contribution in [1.29, 1.82) is 0 Å². The van der Waals surface area contributed by atoms with E-state index >= 15 is 0 Å². The fourth-order valence-electron chi connectivity index (χ4n) is 5.51. The van der Waals surface area contributed by atoms with Gasteiger partial charge in [0.25, 0.3) is 0 Å². The summed E-state index contributed by atoms with van der Waals surface area (Å²) in [5, 5.41) is 3.53. The summed E-state index contributed by atoms with van der Waals surface area (Å²) in [6.07, 6.45) is 1.02. The number of carbonyl (C=O) groups excluding carboxylic acids is 1. The number of carbonyl (C=O) groups is 1. The lowest BCUT2D eigenvalue weighted by atomic mass is 9.98. The molecule has 1 aliphatic rings. The van der Waals surface area contributed by atoms with E-state index in [4.69, 9.17) is 19.2 Å². The number of rotatable bonds is 8. The van der Waals surface area contributed by atoms with Crippen LogP contribution in [0.1, 0.15) is 33.2 Å². The number of methoxy groups -OCH3 is 1. The molecule has 3 heterocycles. The molecular formula is C34H33N3O4. The molecule has 2 atom stereocenters. The van der Waals surface area contributed by atoms with Crippen LogP contribution in [0.2, 0.25) is 0 Å². The van der Waals surface area contributed by atoms with Crippen LogP contribution in [0.25, 0.3) is 28.2 Å². The predicted molar refractivity (Wildman–Crippen MR) is 160 cm³/mol. The van der Waals surface area contributed by atoms with E-state index in [0.717, 1.165) is 45.0 Å². The lowest BCUT2D eigenvalue weighted by molar-refractivity contribution is -0.0625. The Morgan fingerprint density at radius 1 is 0.902 bits per heavy atom. The summed E-state index contributed by atoms with van der Waals surface area (Å²) in [5.74, 6) is -0.383. The Morgan fingerprint density at radius 2 is 1.59 bits per heavy atom. The van der Waals surface area contributed by atoms with Crippen molar-refractivity contribution in [2.75, 3.05) is 32.2 Å². The quantitative estimate of drug-likeness (QED) is 0.173. The Labute approximate surface area is 239 Å². The summed E-state index contributed by atoms with van der Waals surface area (Å²) >= 11 is 0. The van der Waals surface area contributed by atoms with Crippen molar-refractivity contribution in [1.82, 2.24) is 9.38 Å². The number of hydrogen-bond acceptors (Lipinski definition) is 6. The smallest absolute Gasteiger partial charge is 0.338 e. The first-order valence-electron chi connectivity index (χ1n) is 13.8. The zero-order valence-electron chi connectivity index (χ0n) is 23.5. The molecule has 2 aromatic heterocycles. The molecule has 0 aliphatic carbocycles. The van der Waals surface area contributed by atoms with Gasteiger partial charge in [-0.3, -0.25) is 4.40 Å². The third-order valence-corrected chi connectivity index (χ3v) is 7.60. The van der Waals surface area contributed by atoms with E-state index in [2.05, 4.69) is 60.0 Å². The molecule has 7 heteroatoms. The molecular weight excluding hydrogens is 514 g/mol. The number of fused-ring (bicyclic) bond motifs is 3. The van der Waals surface area contributed by atoms with Crippen LogP contribution in [0.3, 0.4) is 0 Å². The van der Waals surface area contributed by atoms with Gasteiger partial charge in [0, 0.05) is 30.0 Å². The second kappa shape index (κ2) is 11.6. The largest absolute Gasteiger partial charge is 0.454 e. The molecule has 1 N–H and O–H groups in total. The van der Waals surface area contributed by atoms with E-state index in [1.54, 1.807) is 19.2 Å². The molecule has 41 heavy (non-hydrogen) atoms. The maximum atomic E-state index is 13.0. The SMILES string of the molecule is COCCO[C@H]1c2ccn3c(-c4ccccc4C)c(-c4ccccc4C)nc3c2NC[C@H]1OC(=O)c1ccccc1. The van der Waals surface area contributed by atoms with Crippen LogP contribution >= 0.6 is 0 Å². The maximum absolute atomic E-state index is 13.0. The van der Waals surface area contributed by atoms with Gasteiger partial charge in [-0.15, -0.1) is 0 Å². The van der Waals surface area contributed by atoms with Crippen LogP contribution in [-0.2, 0) is 14.2 Å². The van der Waals surface area contributed by atoms with E-state index in [9.17, 15) is 4.79 Å². The fraction of sp³-hybridized carbons (Fsp3) is 0.235. The fourth-order valence-corrected chi connectivity index (χ4v) is 5.51. The first-order valence-corrected chi connectivity index (χ1v) is 13.8. The van der Waals surface area contributed by atoms with Crippen molar-refractivity contribution in [3.05, 3.63) is 113 Å². The molecule has 3 aromatic carbocycles. The average molecular weight is 548 g/mol. The Balaban J connectivity index is 1.48. The Morgan fingerprint density at radius 3 is 2.29 bits per heavy atom. The highest BCUT2D eigenvalue weighted by Gasteiger charge is 2.36. The van der Waals surface area contributed by atoms with Gasteiger partial charge in [0.15, 0.2) is 5.65 Å². The third-order valence-electron chi connectivity index (χ3n) is 7.60. The van der Waals surface area contributed by atoms with Crippen molar-refractivity contribution in [3.63, 3.8) is 0 Å². The van der Waals surface area contributed by atoms with Crippen LogP contribution < -0.4 is 5.32 Å². The summed E-state index contributed by atoms with van der Waals surface area (Å²) in [5.41, 5.74) is 9.55. The van der Waals surface area contributed by atoms with E-state index in [1.807, 2.05) is 42.6 Å². The Kier molecular flexibility index (Phi) is 7.55. The minimum absolute atomic E-state index is 0.364. The van der Waals surface area contributed by atoms with Crippen LogP contribution in [0, 0.1) is 13.8 Å². The number of aryl methyl sites for hydroxylation is 2. The molecule has 0 saturated carbocycles. The van der Waals surface area contributed by atoms with Crippen molar-refractivity contribution >= 4 is 17.3 Å². The third kappa shape index (κ3) is 5.10. The van der Waals surface area contributed by atoms with Gasteiger partial charge in [-0.1, -0.05) is 66.7 Å². The van der Waals surface area contributed by atoms with E-state index in [1.165, 1.54) is 5.56 Å². The van der Waals surface area contributed by atoms with Gasteiger partial charge < -0.3 is 19.5 Å². The zero-order valence-corrected chi connectivity index (χ0v) is 23.5. The van der Waals surface area contributed by atoms with Crippen molar-refractivity contribution in [2.45, 2.75) is 26.1 Å². The van der Waals surface area contributed by atoms with Gasteiger partial charge in [-0.2, -0.15) is 0 Å². The monoisotopic (exact) mass is 547 g/mol. The molecule has 0 amide bonds. The number of anilines is 1. The summed E-state index contributed by atoms with van der Waals surface area (Å²) in [4.78, 5) is 18.2. The number of nitrogens with zero attached hydrogens (tertiary/aromatic N) is 2. The van der Waals surface area contributed by atoms with Gasteiger partial charge in [0.2, 0.25) is 0 Å². The topological polar surface area (TPSA) is 74.1 Å². The molecule has 0 saturated heterocycles. The number of ether oxygens (including phenoxy) is 3. The summed E-state index contributed by atoms with van der Waals surface area (Å²) in [6, 6.07) is 27.8. The zero-order chi connectivity index (χ0) is 28.3. The van der Waals surface area contributed by atoms with Gasteiger partial charge in [0.1, 0.15) is 12.2 Å². The lowest BCUT2D eigenvalue weighted by Crippen LogP contribution is -2.38. The van der Waals surface area contributed by atoms with Crippen LogP contribution in [0.15, 0.2) is 91.1 Å². The van der Waals surface area contributed by atoms with E-state index in [-0.39, 0.29) is 5.97 Å². The minimum atomic E-state index is -0.531. The molecule has 0 spiro atoms. The summed E-state index contributed by atoms with van der Waals surface area (Å²) in [6.45, 7) is 5.41. The number of benzene rings is 3. The Bertz CT molecular complexity index is 1700. The molecule has 0 radical (unpaired) electrons. The number of esters is 1. The molecule has 5 aromatic rings. The average Bonchev–Trinajstić information content (AvgIpc) is 3.38. The van der Waals surface area contributed by atoms with Crippen molar-refractivity contribution < 1.29 is 19.0 Å². The first-order chi connectivity index (χ1) is 20.1. The highest BCUT2D eigenvalue weighted by Crippen LogP contribution is 2.42. The van der Waals surface area contributed by atoms with Gasteiger partial charge in [0.05, 0.1) is 42.4 Å². The van der Waals surface area contributed by atoms with Crippen LogP contribution in [0.4, 0.5) is 5.69 Å². The highest BCUT2D eigenvalue weighted by atomic mass is 16.6. The van der Waals surface area contributed by atoms with Crippen molar-refractivity contribution in [2.24, 2.45) is 0 Å². The minimum Gasteiger partial charge on any atom is -0.454 e. The molecule has 1 aliphatic heterocycles. The van der Waals surface area contributed by atoms with Crippen molar-refractivity contribution in [3.8, 4) is 22.5 Å². The second-order valence-electron chi connectivity index (χ2n) is 10.3. The molecule has 6 rings (SSSR count). The number of aromatic nitrogens is 2. The van der Waals surface area contributed by atoms with Gasteiger partial charge in [-0.25, -0.2) is 9.78 Å². The Hall–Kier alpha value is -4.46. The van der Waals surface area contributed by atoms with Crippen LogP contribution in [0.5, 0.6) is 0 Å². The highest BCUT2D eigenvalue weighted by molar-refractivity contribution is 5.90. The maximum Gasteiger partial charge on any atom is 0.338 e. The number of hydrogen-bond donors (Lipinski definition) is 1. The number of pyridine rings is 1. The molecule has 0 unspecified atom stereocenters. The standard InChI is InChI=1S/C34H33N3O4/c1-22-11-7-9-15-25(22)29-31(26-16-10-8-12-23(26)2)37-18-17-27-30(33(37)36-29)35-21-28(32(27)40-20-19-39-3)41-34(38)24-13-5-4-6-14-24/h4-18,28,32,35H,19-21H2,1-3H3/t28-,32+/m1/s1. The molecule has 7 nitrogen and oxygen atoms in total. The summed E-state index contributed by atoms with van der Waals surface area (Å²) < 4.78 is 19.7. The summed E-state index contributed by atoms with van der Waals surface area (Å²) in [7, 11) is 1.64. The number of nitrogens with one attached hydrogen (secondary N) is 1. The molecule has 208 valence electrons. The predicted octanol–water partition coefficient (Wildman–Crippen LogP) is 6.64. The van der Waals surface area contributed by atoms with Crippen LogP contribution in [-0.4, -0.2) is 48.3 Å². The molecule has 0 bridgehead atoms. The lowest BCUT2D eigenvalue weighted by Gasteiger charge is -2.34. The number of imidazole rings is 1. The van der Waals surface area contributed by atoms with E-state index in [0.29, 0.717) is 25.3 Å².